The first-order valence-corrected chi connectivity index (χ1v) is 7.22. The minimum atomic E-state index is -3.21. The van der Waals surface area contributed by atoms with Crippen LogP contribution in [0.5, 0.6) is 11.5 Å². The second-order valence-corrected chi connectivity index (χ2v) is 5.79. The molecule has 1 N–H and O–H groups in total. The number of nitrogens with one attached hydrogen (secondary N) is 1. The molecule has 0 amide bonds. The Labute approximate surface area is 101 Å². The van der Waals surface area contributed by atoms with Crippen LogP contribution in [0.25, 0.3) is 0 Å². The van der Waals surface area contributed by atoms with Gasteiger partial charge >= 0.3 is 0 Å². The molecule has 0 radical (unpaired) electrons. The predicted molar refractivity (Wildman–Crippen MR) is 63.8 cm³/mol. The van der Waals surface area contributed by atoms with Gasteiger partial charge in [0, 0.05) is 6.04 Å². The highest BCUT2D eigenvalue weighted by molar-refractivity contribution is 7.88. The van der Waals surface area contributed by atoms with Gasteiger partial charge in [-0.1, -0.05) is 6.07 Å². The fourth-order valence-corrected chi connectivity index (χ4v) is 2.50. The van der Waals surface area contributed by atoms with E-state index < -0.39 is 10.0 Å². The summed E-state index contributed by atoms with van der Waals surface area (Å²) >= 11 is 0. The second-order valence-electron chi connectivity index (χ2n) is 4.01. The first-order valence-electron chi connectivity index (χ1n) is 5.32. The van der Waals surface area contributed by atoms with Crippen LogP contribution >= 0.6 is 0 Å². The van der Waals surface area contributed by atoms with Crippen molar-refractivity contribution in [2.45, 2.75) is 13.0 Å². The SMILES string of the molecule is C[C@H](NS(C)(=O)=O)c1ccc2c(c1)OCCO2. The van der Waals surface area contributed by atoms with Crippen molar-refractivity contribution in [2.75, 3.05) is 19.5 Å². The van der Waals surface area contributed by atoms with Crippen molar-refractivity contribution in [1.29, 1.82) is 0 Å². The summed E-state index contributed by atoms with van der Waals surface area (Å²) in [6.07, 6.45) is 1.14. The molecule has 1 atom stereocenters. The molecule has 6 heteroatoms. The maximum Gasteiger partial charge on any atom is 0.209 e. The number of ether oxygens (including phenoxy) is 2. The van der Waals surface area contributed by atoms with E-state index in [1.807, 2.05) is 6.07 Å². The maximum absolute atomic E-state index is 11.1. The van der Waals surface area contributed by atoms with Gasteiger partial charge in [0.15, 0.2) is 11.5 Å². The van der Waals surface area contributed by atoms with Gasteiger partial charge in [0.25, 0.3) is 0 Å². The molecule has 17 heavy (non-hydrogen) atoms. The Bertz CT molecular complexity index is 512. The molecule has 0 aliphatic carbocycles. The van der Waals surface area contributed by atoms with E-state index in [-0.39, 0.29) is 6.04 Å². The lowest BCUT2D eigenvalue weighted by Crippen LogP contribution is -2.25. The monoisotopic (exact) mass is 257 g/mol. The highest BCUT2D eigenvalue weighted by atomic mass is 32.2. The Morgan fingerprint density at radius 2 is 1.88 bits per heavy atom. The molecule has 5 nitrogen and oxygen atoms in total. The van der Waals surface area contributed by atoms with E-state index in [2.05, 4.69) is 4.72 Å². The number of hydrogen-bond acceptors (Lipinski definition) is 4. The smallest absolute Gasteiger partial charge is 0.209 e. The predicted octanol–water partition coefficient (Wildman–Crippen LogP) is 1.07. The highest BCUT2D eigenvalue weighted by Gasteiger charge is 2.16. The van der Waals surface area contributed by atoms with Gasteiger partial charge < -0.3 is 9.47 Å². The third kappa shape index (κ3) is 3.10. The summed E-state index contributed by atoms with van der Waals surface area (Å²) in [6.45, 7) is 2.85. The van der Waals surface area contributed by atoms with Gasteiger partial charge in [-0.15, -0.1) is 0 Å². The second kappa shape index (κ2) is 4.54. The van der Waals surface area contributed by atoms with Crippen LogP contribution in [0.3, 0.4) is 0 Å². The van der Waals surface area contributed by atoms with Crippen LogP contribution in [0.15, 0.2) is 18.2 Å². The van der Waals surface area contributed by atoms with Crippen molar-refractivity contribution in [1.82, 2.24) is 4.72 Å². The molecule has 1 aliphatic heterocycles. The van der Waals surface area contributed by atoms with Gasteiger partial charge in [0.05, 0.1) is 6.26 Å². The summed E-state index contributed by atoms with van der Waals surface area (Å²) in [7, 11) is -3.21. The average molecular weight is 257 g/mol. The Morgan fingerprint density at radius 1 is 1.24 bits per heavy atom. The minimum absolute atomic E-state index is 0.291. The first kappa shape index (κ1) is 12.2. The van der Waals surface area contributed by atoms with E-state index in [0.29, 0.717) is 24.7 Å². The number of benzene rings is 1. The molecule has 0 aromatic heterocycles. The van der Waals surface area contributed by atoms with E-state index in [1.54, 1.807) is 19.1 Å². The maximum atomic E-state index is 11.1. The lowest BCUT2D eigenvalue weighted by atomic mass is 10.1. The Balaban J connectivity index is 2.22. The van der Waals surface area contributed by atoms with E-state index in [4.69, 9.17) is 9.47 Å². The van der Waals surface area contributed by atoms with Crippen molar-refractivity contribution >= 4 is 10.0 Å². The van der Waals surface area contributed by atoms with Gasteiger partial charge in [0.1, 0.15) is 13.2 Å². The Morgan fingerprint density at radius 3 is 2.53 bits per heavy atom. The largest absolute Gasteiger partial charge is 0.486 e. The molecule has 0 saturated heterocycles. The van der Waals surface area contributed by atoms with Crippen LogP contribution in [0.1, 0.15) is 18.5 Å². The summed E-state index contributed by atoms with van der Waals surface area (Å²) in [5.41, 5.74) is 0.847. The van der Waals surface area contributed by atoms with Crippen LogP contribution in [0, 0.1) is 0 Å². The fraction of sp³-hybridized carbons (Fsp3) is 0.455. The van der Waals surface area contributed by atoms with Gasteiger partial charge in [-0.2, -0.15) is 0 Å². The summed E-state index contributed by atoms with van der Waals surface area (Å²) in [6, 6.07) is 5.14. The van der Waals surface area contributed by atoms with E-state index in [0.717, 1.165) is 11.8 Å². The van der Waals surface area contributed by atoms with Crippen molar-refractivity contribution < 1.29 is 17.9 Å². The molecule has 0 unspecified atom stereocenters. The zero-order chi connectivity index (χ0) is 12.5. The first-order chi connectivity index (χ1) is 7.96. The molecular weight excluding hydrogens is 242 g/mol. The quantitative estimate of drug-likeness (QED) is 0.879. The van der Waals surface area contributed by atoms with Crippen molar-refractivity contribution in [2.24, 2.45) is 0 Å². The topological polar surface area (TPSA) is 64.6 Å². The zero-order valence-electron chi connectivity index (χ0n) is 9.76. The highest BCUT2D eigenvalue weighted by Crippen LogP contribution is 2.32. The molecule has 1 aliphatic rings. The molecule has 0 fully saturated rings. The summed E-state index contributed by atoms with van der Waals surface area (Å²) < 4.78 is 35.6. The number of rotatable bonds is 3. The van der Waals surface area contributed by atoms with Crippen LogP contribution in [-0.4, -0.2) is 27.9 Å². The van der Waals surface area contributed by atoms with Gasteiger partial charge in [-0.05, 0) is 24.6 Å². The summed E-state index contributed by atoms with van der Waals surface area (Å²) in [5, 5.41) is 0. The van der Waals surface area contributed by atoms with Gasteiger partial charge in [0.2, 0.25) is 10.0 Å². The van der Waals surface area contributed by atoms with Crippen molar-refractivity contribution in [3.8, 4) is 11.5 Å². The molecule has 1 heterocycles. The minimum Gasteiger partial charge on any atom is -0.486 e. The van der Waals surface area contributed by atoms with E-state index >= 15 is 0 Å². The summed E-state index contributed by atoms with van der Waals surface area (Å²) in [5.74, 6) is 1.36. The number of fused-ring (bicyclic) bond motifs is 1. The van der Waals surface area contributed by atoms with Crippen LogP contribution < -0.4 is 14.2 Å². The van der Waals surface area contributed by atoms with Crippen LogP contribution in [0.4, 0.5) is 0 Å². The molecular formula is C11H15NO4S. The molecule has 1 aromatic carbocycles. The Kier molecular flexibility index (Phi) is 3.26. The van der Waals surface area contributed by atoms with E-state index in [9.17, 15) is 8.42 Å². The van der Waals surface area contributed by atoms with Gasteiger partial charge in [-0.25, -0.2) is 13.1 Å². The zero-order valence-corrected chi connectivity index (χ0v) is 10.6. The number of hydrogen-bond donors (Lipinski definition) is 1. The number of sulfonamides is 1. The van der Waals surface area contributed by atoms with Crippen molar-refractivity contribution in [3.05, 3.63) is 23.8 Å². The lowest BCUT2D eigenvalue weighted by molar-refractivity contribution is 0.171. The third-order valence-corrected chi connectivity index (χ3v) is 3.24. The molecule has 0 saturated carbocycles. The third-order valence-electron chi connectivity index (χ3n) is 2.46. The molecule has 0 bridgehead atoms. The van der Waals surface area contributed by atoms with Crippen LogP contribution in [-0.2, 0) is 10.0 Å². The molecule has 2 rings (SSSR count). The Hall–Kier alpha value is -1.27. The molecule has 1 aromatic rings. The molecule has 94 valence electrons. The lowest BCUT2D eigenvalue weighted by Gasteiger charge is -2.20. The normalized spacial score (nSPS) is 16.6. The average Bonchev–Trinajstić information content (AvgIpc) is 2.26. The van der Waals surface area contributed by atoms with Gasteiger partial charge in [-0.3, -0.25) is 0 Å². The standard InChI is InChI=1S/C11H15NO4S/c1-8(12-17(2,13)14)9-3-4-10-11(7-9)16-6-5-15-10/h3-4,7-8,12H,5-6H2,1-2H3/t8-/m0/s1. The summed E-state index contributed by atoms with van der Waals surface area (Å²) in [4.78, 5) is 0. The fourth-order valence-electron chi connectivity index (χ4n) is 1.72. The molecule has 0 spiro atoms. The van der Waals surface area contributed by atoms with Crippen LogP contribution in [0.2, 0.25) is 0 Å². The van der Waals surface area contributed by atoms with Crippen molar-refractivity contribution in [3.63, 3.8) is 0 Å². The van der Waals surface area contributed by atoms with E-state index in [1.165, 1.54) is 0 Å².